The third-order valence-corrected chi connectivity index (χ3v) is 2.88. The summed E-state index contributed by atoms with van der Waals surface area (Å²) in [5, 5.41) is 0. The minimum absolute atomic E-state index is 0.427. The Morgan fingerprint density at radius 2 is 2.11 bits per heavy atom. The van der Waals surface area contributed by atoms with Crippen molar-refractivity contribution in [3.8, 4) is 0 Å². The highest BCUT2D eigenvalue weighted by molar-refractivity contribution is 5.56. The number of aldehydes is 1. The van der Waals surface area contributed by atoms with Gasteiger partial charge in [-0.3, -0.25) is 9.69 Å². The first-order valence-corrected chi connectivity index (χ1v) is 5.80. The van der Waals surface area contributed by atoms with E-state index in [1.807, 2.05) is 35.2 Å². The van der Waals surface area contributed by atoms with E-state index in [2.05, 4.69) is 0 Å². The number of hydrogen-bond donors (Lipinski definition) is 0. The van der Waals surface area contributed by atoms with Gasteiger partial charge in [0.1, 0.15) is 12.4 Å². The number of hydrogen-bond acceptors (Lipinski definition) is 5. The Hall–Kier alpha value is -1.72. The Kier molecular flexibility index (Phi) is 4.44. The summed E-state index contributed by atoms with van der Waals surface area (Å²) in [7, 11) is 0. The SMILES string of the molecule is O=COC(c1ccccc1)N1CCOC(C=O)C1. The van der Waals surface area contributed by atoms with Gasteiger partial charge >= 0.3 is 0 Å². The second-order valence-electron chi connectivity index (χ2n) is 4.04. The number of benzene rings is 1. The fourth-order valence-corrected chi connectivity index (χ4v) is 2.04. The normalized spacial score (nSPS) is 22.1. The predicted molar refractivity (Wildman–Crippen MR) is 63.7 cm³/mol. The first-order valence-electron chi connectivity index (χ1n) is 5.80. The van der Waals surface area contributed by atoms with Gasteiger partial charge in [-0.25, -0.2) is 0 Å². The van der Waals surface area contributed by atoms with E-state index < -0.39 is 12.3 Å². The van der Waals surface area contributed by atoms with Crippen molar-refractivity contribution in [2.75, 3.05) is 19.7 Å². The van der Waals surface area contributed by atoms with Gasteiger partial charge in [-0.05, 0) is 0 Å². The Balaban J connectivity index is 2.14. The second kappa shape index (κ2) is 6.28. The van der Waals surface area contributed by atoms with Gasteiger partial charge in [0.2, 0.25) is 0 Å². The van der Waals surface area contributed by atoms with E-state index in [9.17, 15) is 9.59 Å². The summed E-state index contributed by atoms with van der Waals surface area (Å²) in [5.74, 6) is 0. The zero-order valence-electron chi connectivity index (χ0n) is 9.90. The van der Waals surface area contributed by atoms with E-state index in [1.165, 1.54) is 0 Å². The van der Waals surface area contributed by atoms with Crippen molar-refractivity contribution < 1.29 is 19.1 Å². The van der Waals surface area contributed by atoms with E-state index in [4.69, 9.17) is 9.47 Å². The van der Waals surface area contributed by atoms with Crippen LogP contribution in [0.25, 0.3) is 0 Å². The van der Waals surface area contributed by atoms with Gasteiger partial charge in [-0.15, -0.1) is 0 Å². The molecule has 18 heavy (non-hydrogen) atoms. The van der Waals surface area contributed by atoms with Crippen molar-refractivity contribution in [3.63, 3.8) is 0 Å². The summed E-state index contributed by atoms with van der Waals surface area (Å²) in [6.07, 6.45) is -0.148. The summed E-state index contributed by atoms with van der Waals surface area (Å²) in [6, 6.07) is 9.44. The van der Waals surface area contributed by atoms with Gasteiger partial charge in [-0.2, -0.15) is 0 Å². The van der Waals surface area contributed by atoms with Crippen LogP contribution in [-0.2, 0) is 19.1 Å². The predicted octanol–water partition coefficient (Wildman–Crippen LogP) is 0.758. The quantitative estimate of drug-likeness (QED) is 0.721. The Bertz CT molecular complexity index is 395. The van der Waals surface area contributed by atoms with Gasteiger partial charge in [0, 0.05) is 18.7 Å². The molecular formula is C13H15NO4. The van der Waals surface area contributed by atoms with Crippen LogP contribution in [0.2, 0.25) is 0 Å². The molecule has 2 unspecified atom stereocenters. The third kappa shape index (κ3) is 2.94. The molecule has 5 nitrogen and oxygen atoms in total. The zero-order chi connectivity index (χ0) is 12.8. The highest BCUT2D eigenvalue weighted by atomic mass is 16.5. The number of ether oxygens (including phenoxy) is 2. The standard InChI is InChI=1S/C13H15NO4/c15-9-12-8-14(6-7-17-12)13(18-10-16)11-4-2-1-3-5-11/h1-5,9-10,12-13H,6-8H2. The molecule has 2 atom stereocenters. The number of nitrogens with zero attached hydrogens (tertiary/aromatic N) is 1. The largest absolute Gasteiger partial charge is 0.444 e. The van der Waals surface area contributed by atoms with Crippen LogP contribution in [0.15, 0.2) is 30.3 Å². The number of morpholine rings is 1. The van der Waals surface area contributed by atoms with Crippen LogP contribution in [0.1, 0.15) is 11.8 Å². The summed E-state index contributed by atoms with van der Waals surface area (Å²) >= 11 is 0. The average Bonchev–Trinajstić information content (AvgIpc) is 2.46. The van der Waals surface area contributed by atoms with E-state index in [-0.39, 0.29) is 0 Å². The minimum Gasteiger partial charge on any atom is -0.444 e. The molecule has 1 aromatic rings. The van der Waals surface area contributed by atoms with Gasteiger partial charge in [0.15, 0.2) is 6.23 Å². The molecular weight excluding hydrogens is 234 g/mol. The van der Waals surface area contributed by atoms with Gasteiger partial charge in [-0.1, -0.05) is 30.3 Å². The highest BCUT2D eigenvalue weighted by Gasteiger charge is 2.28. The van der Waals surface area contributed by atoms with Crippen molar-refractivity contribution >= 4 is 12.8 Å². The van der Waals surface area contributed by atoms with Crippen molar-refractivity contribution in [1.82, 2.24) is 4.90 Å². The summed E-state index contributed by atoms with van der Waals surface area (Å²) in [6.45, 7) is 1.94. The molecule has 1 aromatic carbocycles. The minimum atomic E-state index is -0.463. The molecule has 0 radical (unpaired) electrons. The van der Waals surface area contributed by atoms with E-state index in [1.54, 1.807) is 0 Å². The molecule has 1 fully saturated rings. The second-order valence-corrected chi connectivity index (χ2v) is 4.04. The van der Waals surface area contributed by atoms with Crippen molar-refractivity contribution in [2.24, 2.45) is 0 Å². The van der Waals surface area contributed by atoms with Crippen LogP contribution >= 0.6 is 0 Å². The highest BCUT2D eigenvalue weighted by Crippen LogP contribution is 2.23. The third-order valence-electron chi connectivity index (χ3n) is 2.88. The summed E-state index contributed by atoms with van der Waals surface area (Å²) < 4.78 is 10.4. The molecule has 0 N–H and O–H groups in total. The van der Waals surface area contributed by atoms with Crippen LogP contribution in [-0.4, -0.2) is 43.5 Å². The first kappa shape index (κ1) is 12.7. The summed E-state index contributed by atoms with van der Waals surface area (Å²) in [4.78, 5) is 23.3. The topological polar surface area (TPSA) is 55.8 Å². The lowest BCUT2D eigenvalue weighted by Gasteiger charge is -2.35. The molecule has 0 spiro atoms. The van der Waals surface area contributed by atoms with Gasteiger partial charge in [0.25, 0.3) is 6.47 Å². The molecule has 1 heterocycles. The fourth-order valence-electron chi connectivity index (χ4n) is 2.04. The molecule has 1 aliphatic rings. The lowest BCUT2D eigenvalue weighted by atomic mass is 10.1. The van der Waals surface area contributed by atoms with Crippen molar-refractivity contribution in [1.29, 1.82) is 0 Å². The van der Waals surface area contributed by atoms with E-state index in [0.717, 1.165) is 11.8 Å². The maximum Gasteiger partial charge on any atom is 0.294 e. The van der Waals surface area contributed by atoms with Gasteiger partial charge < -0.3 is 14.3 Å². The number of carbonyl (C=O) groups is 2. The average molecular weight is 249 g/mol. The lowest BCUT2D eigenvalue weighted by Crippen LogP contribution is -2.45. The Morgan fingerprint density at radius 1 is 1.33 bits per heavy atom. The molecule has 96 valence electrons. The molecule has 0 amide bonds. The first-order chi connectivity index (χ1) is 8.85. The molecule has 5 heteroatoms. The number of carbonyl (C=O) groups excluding carboxylic acids is 2. The van der Waals surface area contributed by atoms with Gasteiger partial charge in [0.05, 0.1) is 6.61 Å². The van der Waals surface area contributed by atoms with Crippen LogP contribution < -0.4 is 0 Å². The Labute approximate surface area is 105 Å². The van der Waals surface area contributed by atoms with E-state index in [0.29, 0.717) is 26.2 Å². The smallest absolute Gasteiger partial charge is 0.294 e. The molecule has 0 aliphatic carbocycles. The maximum absolute atomic E-state index is 10.8. The van der Waals surface area contributed by atoms with Crippen molar-refractivity contribution in [2.45, 2.75) is 12.3 Å². The van der Waals surface area contributed by atoms with Crippen LogP contribution in [0.5, 0.6) is 0 Å². The van der Waals surface area contributed by atoms with Crippen LogP contribution in [0.4, 0.5) is 0 Å². The van der Waals surface area contributed by atoms with E-state index >= 15 is 0 Å². The lowest BCUT2D eigenvalue weighted by molar-refractivity contribution is -0.155. The maximum atomic E-state index is 10.8. The molecule has 1 aliphatic heterocycles. The van der Waals surface area contributed by atoms with Crippen LogP contribution in [0.3, 0.4) is 0 Å². The fraction of sp³-hybridized carbons (Fsp3) is 0.385. The molecule has 2 rings (SSSR count). The molecule has 0 saturated carbocycles. The molecule has 1 saturated heterocycles. The monoisotopic (exact) mass is 249 g/mol. The van der Waals surface area contributed by atoms with Crippen LogP contribution in [0, 0.1) is 0 Å². The van der Waals surface area contributed by atoms with Crippen molar-refractivity contribution in [3.05, 3.63) is 35.9 Å². The molecule has 0 bridgehead atoms. The Morgan fingerprint density at radius 3 is 2.78 bits per heavy atom. The zero-order valence-corrected chi connectivity index (χ0v) is 9.90. The number of rotatable bonds is 5. The molecule has 0 aromatic heterocycles. The summed E-state index contributed by atoms with van der Waals surface area (Å²) in [5.41, 5.74) is 0.885.